The van der Waals surface area contributed by atoms with Crippen LogP contribution in [-0.2, 0) is 58.0 Å². The number of carboxylic acids is 2. The lowest BCUT2D eigenvalue weighted by Crippen LogP contribution is -2.61. The first-order chi connectivity index (χ1) is 29.0. The van der Waals surface area contributed by atoms with Crippen molar-refractivity contribution in [2.75, 3.05) is 6.54 Å². The topological polar surface area (TPSA) is 261 Å². The number of hydrogen-bond acceptors (Lipinski definition) is 10. The molecule has 0 spiro atoms. The summed E-state index contributed by atoms with van der Waals surface area (Å²) in [6.07, 6.45) is -1.95. The largest absolute Gasteiger partial charge is 0.481 e. The van der Waals surface area contributed by atoms with Crippen LogP contribution in [0.5, 0.6) is 0 Å². The molecule has 3 rings (SSSR count). The summed E-state index contributed by atoms with van der Waals surface area (Å²) in [5, 5.41) is 36.9. The Morgan fingerprint density at radius 1 is 0.639 bits per heavy atom. The molecule has 0 heterocycles. The molecule has 326 valence electrons. The van der Waals surface area contributed by atoms with E-state index >= 15 is 0 Å². The van der Waals surface area contributed by atoms with Crippen molar-refractivity contribution in [2.45, 2.75) is 84.0 Å². The average molecular weight is 845 g/mol. The summed E-state index contributed by atoms with van der Waals surface area (Å²) in [6.45, 7) is 3.80. The maximum atomic E-state index is 13.6. The van der Waals surface area contributed by atoms with Crippen LogP contribution in [0.4, 0.5) is 4.79 Å². The highest BCUT2D eigenvalue weighted by Gasteiger charge is 2.33. The fourth-order valence-corrected chi connectivity index (χ4v) is 5.75. The summed E-state index contributed by atoms with van der Waals surface area (Å²) >= 11 is 0. The minimum absolute atomic E-state index is 0.0871. The molecular weight excluding hydrogens is 793 g/mol. The van der Waals surface area contributed by atoms with E-state index in [9.17, 15) is 53.7 Å². The lowest BCUT2D eigenvalue weighted by molar-refractivity contribution is -0.149. The maximum Gasteiger partial charge on any atom is 0.408 e. The van der Waals surface area contributed by atoms with Crippen molar-refractivity contribution in [3.05, 3.63) is 120 Å². The molecule has 61 heavy (non-hydrogen) atoms. The molecule has 0 radical (unpaired) electrons. The molecule has 0 aliphatic rings. The van der Waals surface area contributed by atoms with Gasteiger partial charge in [0.1, 0.15) is 31.3 Å². The number of nitrogens with one attached hydrogen (secondary N) is 4. The van der Waals surface area contributed by atoms with E-state index in [-0.39, 0.29) is 32.0 Å². The van der Waals surface area contributed by atoms with Crippen LogP contribution in [0.25, 0.3) is 0 Å². The van der Waals surface area contributed by atoms with Crippen LogP contribution in [0, 0.1) is 5.92 Å². The lowest BCUT2D eigenvalue weighted by atomic mass is 10.0. The van der Waals surface area contributed by atoms with E-state index in [0.717, 1.165) is 30.2 Å². The van der Waals surface area contributed by atoms with Gasteiger partial charge in [-0.3, -0.25) is 39.0 Å². The second kappa shape index (κ2) is 24.8. The first-order valence-electron chi connectivity index (χ1n) is 19.4. The Bertz CT molecular complexity index is 1940. The van der Waals surface area contributed by atoms with Gasteiger partial charge < -0.3 is 40.9 Å². The molecule has 0 saturated carbocycles. The molecule has 0 aliphatic heterocycles. The van der Waals surface area contributed by atoms with E-state index in [1.165, 1.54) is 4.90 Å². The summed E-state index contributed by atoms with van der Waals surface area (Å²) < 4.78 is 5.23. The second-order valence-electron chi connectivity index (χ2n) is 14.4. The maximum absolute atomic E-state index is 13.6. The standard InChI is InChI=1S/C43H52N6O12/c1-28(2)23-34(45-43(60)61-27-32-17-11-6-12-18-32)41(58)44-33(19-22-37(53)54)40(57)46-39(29(3)50)42(59)47-49(26-38(55)56)36(52)21-20-35(51)48(24-30-13-7-4-8-14-30)25-31-15-9-5-10-16-31/h4-18,20-21,28-29,33-34,39,50H,19,22-27H2,1-3H3,(H,44,58)(H,45,60)(H,46,57)(H,47,59)(H,53,54)(H,55,56)/b21-20+/t29-,33+,34+,39+/m1/s1. The van der Waals surface area contributed by atoms with Gasteiger partial charge in [-0.05, 0) is 42.4 Å². The van der Waals surface area contributed by atoms with E-state index < -0.39 is 91.2 Å². The molecule has 0 saturated heterocycles. The minimum atomic E-state index is -1.88. The van der Waals surface area contributed by atoms with Gasteiger partial charge in [-0.2, -0.15) is 0 Å². The number of benzene rings is 3. The van der Waals surface area contributed by atoms with Gasteiger partial charge >= 0.3 is 18.0 Å². The quantitative estimate of drug-likeness (QED) is 0.0568. The Hall–Kier alpha value is -7.08. The van der Waals surface area contributed by atoms with Gasteiger partial charge in [0.2, 0.25) is 17.7 Å². The molecule has 0 aliphatic carbocycles. The van der Waals surface area contributed by atoms with Crippen molar-refractivity contribution >= 4 is 47.6 Å². The van der Waals surface area contributed by atoms with E-state index in [1.54, 1.807) is 68.4 Å². The van der Waals surface area contributed by atoms with Crippen molar-refractivity contribution < 1.29 is 58.4 Å². The molecule has 4 atom stereocenters. The average Bonchev–Trinajstić information content (AvgIpc) is 3.22. The number of alkyl carbamates (subject to hydrolysis) is 1. The number of amides is 6. The summed E-state index contributed by atoms with van der Waals surface area (Å²) in [6, 6.07) is 22.1. The highest BCUT2D eigenvalue weighted by molar-refractivity contribution is 5.99. The molecule has 0 aromatic heterocycles. The van der Waals surface area contributed by atoms with Gasteiger partial charge in [0.15, 0.2) is 0 Å². The van der Waals surface area contributed by atoms with Crippen molar-refractivity contribution in [3.8, 4) is 0 Å². The van der Waals surface area contributed by atoms with Crippen molar-refractivity contribution in [1.29, 1.82) is 0 Å². The zero-order chi connectivity index (χ0) is 44.9. The van der Waals surface area contributed by atoms with E-state index in [0.29, 0.717) is 10.6 Å². The molecule has 18 heteroatoms. The van der Waals surface area contributed by atoms with Crippen LogP contribution in [0.15, 0.2) is 103 Å². The number of rotatable bonds is 22. The van der Waals surface area contributed by atoms with Crippen molar-refractivity contribution in [3.63, 3.8) is 0 Å². The number of carboxylic acid groups (broad SMARTS) is 2. The van der Waals surface area contributed by atoms with Crippen LogP contribution >= 0.6 is 0 Å². The normalized spacial score (nSPS) is 12.9. The van der Waals surface area contributed by atoms with Crippen LogP contribution in [0.3, 0.4) is 0 Å². The molecular formula is C43H52N6O12. The molecule has 0 unspecified atom stereocenters. The third-order valence-corrected chi connectivity index (χ3v) is 8.79. The van der Waals surface area contributed by atoms with E-state index in [2.05, 4.69) is 21.4 Å². The number of carbonyl (C=O) groups excluding carboxylic acids is 6. The smallest absolute Gasteiger partial charge is 0.408 e. The number of aliphatic hydroxyl groups excluding tert-OH is 1. The molecule has 7 N–H and O–H groups in total. The minimum Gasteiger partial charge on any atom is -0.481 e. The summed E-state index contributed by atoms with van der Waals surface area (Å²) in [5.74, 6) is -8.05. The number of aliphatic hydroxyl groups is 1. The number of aliphatic carboxylic acids is 2. The Labute approximate surface area is 352 Å². The Morgan fingerprint density at radius 2 is 1.15 bits per heavy atom. The molecule has 0 bridgehead atoms. The predicted molar refractivity (Wildman–Crippen MR) is 219 cm³/mol. The summed E-state index contributed by atoms with van der Waals surface area (Å²) in [5.41, 5.74) is 4.34. The fourth-order valence-electron chi connectivity index (χ4n) is 5.75. The van der Waals surface area contributed by atoms with Crippen LogP contribution in [0.1, 0.15) is 56.7 Å². The third kappa shape index (κ3) is 17.8. The second-order valence-corrected chi connectivity index (χ2v) is 14.4. The monoisotopic (exact) mass is 844 g/mol. The van der Waals surface area contributed by atoms with Gasteiger partial charge in [-0.1, -0.05) is 105 Å². The molecule has 18 nitrogen and oxygen atoms in total. The fraction of sp³-hybridized carbons (Fsp3) is 0.349. The number of carbonyl (C=O) groups is 8. The zero-order valence-electron chi connectivity index (χ0n) is 34.1. The lowest BCUT2D eigenvalue weighted by Gasteiger charge is -2.28. The third-order valence-electron chi connectivity index (χ3n) is 8.79. The number of hydrazine groups is 1. The Morgan fingerprint density at radius 3 is 1.64 bits per heavy atom. The van der Waals surface area contributed by atoms with Gasteiger partial charge in [0.05, 0.1) is 6.10 Å². The molecule has 3 aromatic rings. The molecule has 3 aromatic carbocycles. The SMILES string of the molecule is CC(C)C[C@H](NC(=O)OCc1ccccc1)C(=O)N[C@@H](CCC(=O)O)C(=O)N[C@H](C(=O)NN(CC(=O)O)C(=O)/C=C/C(=O)N(Cc1ccccc1)Cc1ccccc1)[C@@H](C)O. The first kappa shape index (κ1) is 48.3. The van der Waals surface area contributed by atoms with Crippen LogP contribution in [0.2, 0.25) is 0 Å². The van der Waals surface area contributed by atoms with Crippen molar-refractivity contribution in [1.82, 2.24) is 31.3 Å². The summed E-state index contributed by atoms with van der Waals surface area (Å²) in [7, 11) is 0. The molecule has 6 amide bonds. The Balaban J connectivity index is 1.75. The predicted octanol–water partition coefficient (Wildman–Crippen LogP) is 2.27. The first-order valence-corrected chi connectivity index (χ1v) is 19.4. The van der Waals surface area contributed by atoms with Gasteiger partial charge in [0, 0.05) is 31.7 Å². The van der Waals surface area contributed by atoms with Gasteiger partial charge in [0.25, 0.3) is 11.8 Å². The molecule has 0 fully saturated rings. The van der Waals surface area contributed by atoms with Gasteiger partial charge in [-0.15, -0.1) is 0 Å². The number of hydrogen-bond donors (Lipinski definition) is 7. The summed E-state index contributed by atoms with van der Waals surface area (Å²) in [4.78, 5) is 105. The highest BCUT2D eigenvalue weighted by atomic mass is 16.5. The van der Waals surface area contributed by atoms with Crippen LogP contribution < -0.4 is 21.4 Å². The number of ether oxygens (including phenoxy) is 1. The highest BCUT2D eigenvalue weighted by Crippen LogP contribution is 2.12. The van der Waals surface area contributed by atoms with E-state index in [1.807, 2.05) is 36.4 Å². The van der Waals surface area contributed by atoms with Crippen LogP contribution in [-0.4, -0.2) is 104 Å². The van der Waals surface area contributed by atoms with Gasteiger partial charge in [-0.25, -0.2) is 9.80 Å². The number of nitrogens with zero attached hydrogens (tertiary/aromatic N) is 2. The Kier molecular flexibility index (Phi) is 19.6. The zero-order valence-corrected chi connectivity index (χ0v) is 34.1. The van der Waals surface area contributed by atoms with Crippen molar-refractivity contribution in [2.24, 2.45) is 5.92 Å². The van der Waals surface area contributed by atoms with E-state index in [4.69, 9.17) is 4.74 Å².